The summed E-state index contributed by atoms with van der Waals surface area (Å²) in [7, 11) is 0. The molecule has 5 heteroatoms. The average Bonchev–Trinajstić information content (AvgIpc) is 2.57. The second-order valence-electron chi connectivity index (χ2n) is 3.53. The third kappa shape index (κ3) is 1.50. The molecule has 0 saturated heterocycles. The zero-order valence-corrected chi connectivity index (χ0v) is 8.84. The first-order valence-electron chi connectivity index (χ1n) is 5.04. The molecule has 2 aromatic rings. The standard InChI is InChI=1S/C11H12N2O3/c1-2-7(10(12)14)13-8-5-3-4-6-9(8)16-11(13)15/h3-7H,2H2,1H3,(H2,12,14). The van der Waals surface area contributed by atoms with Crippen LogP contribution in [0, 0.1) is 0 Å². The van der Waals surface area contributed by atoms with Crippen LogP contribution >= 0.6 is 0 Å². The van der Waals surface area contributed by atoms with Crippen molar-refractivity contribution < 1.29 is 9.21 Å². The number of primary amides is 1. The summed E-state index contributed by atoms with van der Waals surface area (Å²) >= 11 is 0. The molecule has 2 rings (SSSR count). The summed E-state index contributed by atoms with van der Waals surface area (Å²) in [6, 6.07) is 6.30. The maximum absolute atomic E-state index is 11.6. The van der Waals surface area contributed by atoms with E-state index in [1.807, 2.05) is 0 Å². The molecule has 84 valence electrons. The third-order valence-electron chi connectivity index (χ3n) is 2.55. The normalized spacial score (nSPS) is 12.8. The topological polar surface area (TPSA) is 78.2 Å². The van der Waals surface area contributed by atoms with E-state index in [1.54, 1.807) is 31.2 Å². The monoisotopic (exact) mass is 220 g/mol. The Bertz CT molecular complexity index is 582. The summed E-state index contributed by atoms with van der Waals surface area (Å²) < 4.78 is 6.33. The van der Waals surface area contributed by atoms with Crippen molar-refractivity contribution >= 4 is 17.0 Å². The smallest absolute Gasteiger partial charge is 0.408 e. The Balaban J connectivity index is 2.71. The number of oxazole rings is 1. The molecule has 0 aliphatic rings. The third-order valence-corrected chi connectivity index (χ3v) is 2.55. The number of hydrogen-bond acceptors (Lipinski definition) is 3. The average molecular weight is 220 g/mol. The molecule has 1 aromatic carbocycles. The van der Waals surface area contributed by atoms with Gasteiger partial charge < -0.3 is 10.2 Å². The highest BCUT2D eigenvalue weighted by molar-refractivity contribution is 5.81. The van der Waals surface area contributed by atoms with E-state index < -0.39 is 17.7 Å². The highest BCUT2D eigenvalue weighted by atomic mass is 16.4. The number of carbonyl (C=O) groups is 1. The predicted molar refractivity (Wildman–Crippen MR) is 59.0 cm³/mol. The van der Waals surface area contributed by atoms with E-state index in [4.69, 9.17) is 10.2 Å². The van der Waals surface area contributed by atoms with Crippen LogP contribution in [0.25, 0.3) is 11.1 Å². The Hall–Kier alpha value is -2.04. The molecule has 0 aliphatic carbocycles. The SMILES string of the molecule is CCC(C(N)=O)n1c(=O)oc2ccccc21. The lowest BCUT2D eigenvalue weighted by Gasteiger charge is -2.11. The van der Waals surface area contributed by atoms with Gasteiger partial charge in [-0.2, -0.15) is 0 Å². The maximum atomic E-state index is 11.6. The molecule has 0 saturated carbocycles. The van der Waals surface area contributed by atoms with Crippen LogP contribution < -0.4 is 11.5 Å². The molecule has 1 unspecified atom stereocenters. The Labute approximate surface area is 91.5 Å². The number of nitrogens with zero attached hydrogens (tertiary/aromatic N) is 1. The lowest BCUT2D eigenvalue weighted by atomic mass is 10.2. The molecular weight excluding hydrogens is 208 g/mol. The van der Waals surface area contributed by atoms with Gasteiger partial charge in [0.2, 0.25) is 5.91 Å². The van der Waals surface area contributed by atoms with Gasteiger partial charge in [-0.3, -0.25) is 9.36 Å². The van der Waals surface area contributed by atoms with Crippen molar-refractivity contribution in [1.29, 1.82) is 0 Å². The van der Waals surface area contributed by atoms with Gasteiger partial charge in [-0.05, 0) is 18.6 Å². The van der Waals surface area contributed by atoms with Crippen LogP contribution in [0.5, 0.6) is 0 Å². The molecule has 0 spiro atoms. The molecule has 1 heterocycles. The molecule has 1 aromatic heterocycles. The Morgan fingerprint density at radius 3 is 2.81 bits per heavy atom. The first-order valence-corrected chi connectivity index (χ1v) is 5.04. The van der Waals surface area contributed by atoms with Gasteiger partial charge in [0.1, 0.15) is 6.04 Å². The van der Waals surface area contributed by atoms with Gasteiger partial charge >= 0.3 is 5.76 Å². The van der Waals surface area contributed by atoms with E-state index in [1.165, 1.54) is 4.57 Å². The lowest BCUT2D eigenvalue weighted by Crippen LogP contribution is -2.31. The fourth-order valence-electron chi connectivity index (χ4n) is 1.79. The first-order chi connectivity index (χ1) is 7.65. The number of rotatable bonds is 3. The molecule has 16 heavy (non-hydrogen) atoms. The number of amides is 1. The minimum absolute atomic E-state index is 0.457. The Morgan fingerprint density at radius 2 is 2.19 bits per heavy atom. The summed E-state index contributed by atoms with van der Waals surface area (Å²) in [6.45, 7) is 1.80. The molecule has 0 bridgehead atoms. The van der Waals surface area contributed by atoms with E-state index >= 15 is 0 Å². The fraction of sp³-hybridized carbons (Fsp3) is 0.273. The Morgan fingerprint density at radius 1 is 1.50 bits per heavy atom. The van der Waals surface area contributed by atoms with E-state index in [2.05, 4.69) is 0 Å². The highest BCUT2D eigenvalue weighted by Crippen LogP contribution is 2.18. The van der Waals surface area contributed by atoms with Gasteiger partial charge in [0.05, 0.1) is 5.52 Å². The first kappa shape index (κ1) is 10.5. The van der Waals surface area contributed by atoms with Crippen molar-refractivity contribution in [2.24, 2.45) is 5.73 Å². The van der Waals surface area contributed by atoms with Crippen LogP contribution in [0.4, 0.5) is 0 Å². The number of aromatic nitrogens is 1. The van der Waals surface area contributed by atoms with Crippen LogP contribution in [-0.2, 0) is 4.79 Å². The van der Waals surface area contributed by atoms with Crippen molar-refractivity contribution in [3.63, 3.8) is 0 Å². The molecule has 0 fully saturated rings. The second kappa shape index (κ2) is 3.84. The Kier molecular flexibility index (Phi) is 2.52. The molecule has 0 aliphatic heterocycles. The van der Waals surface area contributed by atoms with Gasteiger partial charge in [-0.15, -0.1) is 0 Å². The second-order valence-corrected chi connectivity index (χ2v) is 3.53. The molecular formula is C11H12N2O3. The maximum Gasteiger partial charge on any atom is 0.420 e. The summed E-state index contributed by atoms with van der Waals surface area (Å²) in [5.41, 5.74) is 6.32. The molecule has 0 radical (unpaired) electrons. The van der Waals surface area contributed by atoms with Crippen LogP contribution in [0.15, 0.2) is 33.5 Å². The van der Waals surface area contributed by atoms with E-state index in [0.717, 1.165) is 0 Å². The molecule has 5 nitrogen and oxygen atoms in total. The predicted octanol–water partition coefficient (Wildman–Crippen LogP) is 1.03. The molecule has 1 atom stereocenters. The number of nitrogens with two attached hydrogens (primary N) is 1. The highest BCUT2D eigenvalue weighted by Gasteiger charge is 2.21. The van der Waals surface area contributed by atoms with Crippen molar-refractivity contribution in [2.75, 3.05) is 0 Å². The van der Waals surface area contributed by atoms with Crippen LogP contribution in [0.2, 0.25) is 0 Å². The minimum atomic E-state index is -0.656. The van der Waals surface area contributed by atoms with Crippen molar-refractivity contribution in [3.8, 4) is 0 Å². The van der Waals surface area contributed by atoms with Gasteiger partial charge in [0, 0.05) is 0 Å². The lowest BCUT2D eigenvalue weighted by molar-refractivity contribution is -0.121. The van der Waals surface area contributed by atoms with Crippen molar-refractivity contribution in [3.05, 3.63) is 34.8 Å². The number of fused-ring (bicyclic) bond motifs is 1. The van der Waals surface area contributed by atoms with Gasteiger partial charge in [0.15, 0.2) is 5.58 Å². The van der Waals surface area contributed by atoms with Gasteiger partial charge in [0.25, 0.3) is 0 Å². The van der Waals surface area contributed by atoms with E-state index in [0.29, 0.717) is 17.5 Å². The quantitative estimate of drug-likeness (QED) is 0.839. The van der Waals surface area contributed by atoms with E-state index in [9.17, 15) is 9.59 Å². The van der Waals surface area contributed by atoms with Crippen LogP contribution in [-0.4, -0.2) is 10.5 Å². The number of carbonyl (C=O) groups excluding carboxylic acids is 1. The van der Waals surface area contributed by atoms with Crippen LogP contribution in [0.1, 0.15) is 19.4 Å². The largest absolute Gasteiger partial charge is 0.420 e. The number of benzene rings is 1. The zero-order chi connectivity index (χ0) is 11.7. The number of para-hydroxylation sites is 2. The summed E-state index contributed by atoms with van der Waals surface area (Å²) in [5, 5.41) is 0. The summed E-state index contributed by atoms with van der Waals surface area (Å²) in [5.74, 6) is -1.08. The van der Waals surface area contributed by atoms with Gasteiger partial charge in [-0.25, -0.2) is 4.79 Å². The molecule has 1 amide bonds. The van der Waals surface area contributed by atoms with E-state index in [-0.39, 0.29) is 0 Å². The van der Waals surface area contributed by atoms with Gasteiger partial charge in [-0.1, -0.05) is 19.1 Å². The fourth-order valence-corrected chi connectivity index (χ4v) is 1.79. The number of hydrogen-bond donors (Lipinski definition) is 1. The minimum Gasteiger partial charge on any atom is -0.408 e. The van der Waals surface area contributed by atoms with Crippen molar-refractivity contribution in [1.82, 2.24) is 4.57 Å². The molecule has 2 N–H and O–H groups in total. The van der Waals surface area contributed by atoms with Crippen LogP contribution in [0.3, 0.4) is 0 Å². The zero-order valence-electron chi connectivity index (χ0n) is 8.84. The summed E-state index contributed by atoms with van der Waals surface area (Å²) in [6.07, 6.45) is 0.457. The van der Waals surface area contributed by atoms with Crippen molar-refractivity contribution in [2.45, 2.75) is 19.4 Å². The summed E-state index contributed by atoms with van der Waals surface area (Å²) in [4.78, 5) is 22.9.